The van der Waals surface area contributed by atoms with Gasteiger partial charge in [-0.05, 0) is 41.8 Å². The molecule has 0 saturated carbocycles. The largest absolute Gasteiger partial charge is 0.326 e. The standard InChI is InChI=1S/C18H16BrClFNOS/c19-14-5-3-13(4-6-14)18-22(9-10-24-18)17(23)8-2-12-1-7-16(21)15(20)11-12/h1,3-7,11,18H,2,8-10H2. The van der Waals surface area contributed by atoms with Gasteiger partial charge in [0.25, 0.3) is 0 Å². The van der Waals surface area contributed by atoms with Gasteiger partial charge in [0.15, 0.2) is 0 Å². The quantitative estimate of drug-likeness (QED) is 0.645. The van der Waals surface area contributed by atoms with Gasteiger partial charge in [0.2, 0.25) is 5.91 Å². The van der Waals surface area contributed by atoms with Crippen molar-refractivity contribution in [1.82, 2.24) is 4.90 Å². The summed E-state index contributed by atoms with van der Waals surface area (Å²) < 4.78 is 14.2. The molecule has 0 aromatic heterocycles. The number of thioether (sulfide) groups is 1. The lowest BCUT2D eigenvalue weighted by Crippen LogP contribution is -2.30. The molecule has 1 atom stereocenters. The number of amides is 1. The highest BCUT2D eigenvalue weighted by Gasteiger charge is 2.30. The van der Waals surface area contributed by atoms with Crippen LogP contribution in [0.4, 0.5) is 4.39 Å². The fourth-order valence-corrected chi connectivity index (χ4v) is 4.46. The van der Waals surface area contributed by atoms with E-state index >= 15 is 0 Å². The predicted octanol–water partition coefficient (Wildman–Crippen LogP) is 5.45. The topological polar surface area (TPSA) is 20.3 Å². The van der Waals surface area contributed by atoms with Gasteiger partial charge in [0.1, 0.15) is 11.2 Å². The summed E-state index contributed by atoms with van der Waals surface area (Å²) >= 11 is 11.0. The minimum absolute atomic E-state index is 0.0717. The maximum absolute atomic E-state index is 13.2. The van der Waals surface area contributed by atoms with Crippen LogP contribution in [-0.2, 0) is 11.2 Å². The first-order valence-electron chi connectivity index (χ1n) is 7.65. The lowest BCUT2D eigenvalue weighted by Gasteiger charge is -2.24. The zero-order chi connectivity index (χ0) is 17.1. The van der Waals surface area contributed by atoms with Gasteiger partial charge in [-0.1, -0.05) is 45.7 Å². The van der Waals surface area contributed by atoms with E-state index in [4.69, 9.17) is 11.6 Å². The van der Waals surface area contributed by atoms with Crippen LogP contribution < -0.4 is 0 Å². The van der Waals surface area contributed by atoms with Gasteiger partial charge >= 0.3 is 0 Å². The fourth-order valence-electron chi connectivity index (χ4n) is 2.72. The van der Waals surface area contributed by atoms with E-state index in [1.807, 2.05) is 29.2 Å². The van der Waals surface area contributed by atoms with E-state index in [1.165, 1.54) is 6.07 Å². The van der Waals surface area contributed by atoms with Crippen LogP contribution in [-0.4, -0.2) is 23.1 Å². The Morgan fingerprint density at radius 1 is 1.29 bits per heavy atom. The Morgan fingerprint density at radius 2 is 2.04 bits per heavy atom. The van der Waals surface area contributed by atoms with Crippen LogP contribution in [0.15, 0.2) is 46.9 Å². The van der Waals surface area contributed by atoms with Crippen molar-refractivity contribution in [2.45, 2.75) is 18.2 Å². The highest BCUT2D eigenvalue weighted by molar-refractivity contribution is 9.10. The first kappa shape index (κ1) is 17.8. The maximum Gasteiger partial charge on any atom is 0.224 e. The van der Waals surface area contributed by atoms with Crippen molar-refractivity contribution in [1.29, 1.82) is 0 Å². The van der Waals surface area contributed by atoms with Crippen LogP contribution in [0.2, 0.25) is 5.02 Å². The number of hydrogen-bond donors (Lipinski definition) is 0. The number of rotatable bonds is 4. The molecule has 1 amide bonds. The smallest absolute Gasteiger partial charge is 0.224 e. The van der Waals surface area contributed by atoms with E-state index in [1.54, 1.807) is 23.9 Å². The van der Waals surface area contributed by atoms with Crippen LogP contribution in [0.5, 0.6) is 0 Å². The molecule has 2 aromatic carbocycles. The van der Waals surface area contributed by atoms with Crippen molar-refractivity contribution in [2.75, 3.05) is 12.3 Å². The normalized spacial score (nSPS) is 17.3. The van der Waals surface area contributed by atoms with Gasteiger partial charge in [-0.25, -0.2) is 4.39 Å². The van der Waals surface area contributed by atoms with Gasteiger partial charge < -0.3 is 4.90 Å². The zero-order valence-electron chi connectivity index (χ0n) is 12.8. The van der Waals surface area contributed by atoms with Crippen molar-refractivity contribution >= 4 is 45.2 Å². The number of benzene rings is 2. The second-order valence-corrected chi connectivity index (χ2v) is 8.12. The lowest BCUT2D eigenvalue weighted by molar-refractivity contribution is -0.131. The summed E-state index contributed by atoms with van der Waals surface area (Å²) in [5.74, 6) is 0.626. The highest BCUT2D eigenvalue weighted by atomic mass is 79.9. The second-order valence-electron chi connectivity index (χ2n) is 5.61. The Hall–Kier alpha value is -1.04. The summed E-state index contributed by atoms with van der Waals surface area (Å²) in [5.41, 5.74) is 2.01. The van der Waals surface area contributed by atoms with E-state index in [-0.39, 0.29) is 16.3 Å². The van der Waals surface area contributed by atoms with E-state index in [0.29, 0.717) is 12.8 Å². The molecule has 1 heterocycles. The summed E-state index contributed by atoms with van der Waals surface area (Å²) in [5, 5.41) is 0.173. The minimum atomic E-state index is -0.432. The molecule has 2 nitrogen and oxygen atoms in total. The molecule has 0 bridgehead atoms. The molecule has 126 valence electrons. The van der Waals surface area contributed by atoms with Crippen LogP contribution in [0, 0.1) is 5.82 Å². The number of carbonyl (C=O) groups excluding carboxylic acids is 1. The van der Waals surface area contributed by atoms with Gasteiger partial charge in [0, 0.05) is 23.2 Å². The molecular formula is C18H16BrClFNOS. The summed E-state index contributed by atoms with van der Waals surface area (Å²) in [6, 6.07) is 12.7. The molecule has 1 aliphatic heterocycles. The third-order valence-corrected chi connectivity index (χ3v) is 6.06. The van der Waals surface area contributed by atoms with E-state index in [2.05, 4.69) is 15.9 Å². The number of hydrogen-bond acceptors (Lipinski definition) is 2. The van der Waals surface area contributed by atoms with Gasteiger partial charge in [0.05, 0.1) is 5.02 Å². The van der Waals surface area contributed by atoms with Crippen molar-refractivity contribution in [3.05, 3.63) is 68.9 Å². The Balaban J connectivity index is 1.65. The molecule has 1 fully saturated rings. The maximum atomic E-state index is 13.2. The summed E-state index contributed by atoms with van der Waals surface area (Å²) in [6.07, 6.45) is 0.961. The minimum Gasteiger partial charge on any atom is -0.326 e. The zero-order valence-corrected chi connectivity index (χ0v) is 16.0. The van der Waals surface area contributed by atoms with Crippen LogP contribution in [0.25, 0.3) is 0 Å². The van der Waals surface area contributed by atoms with Crippen molar-refractivity contribution in [3.8, 4) is 0 Å². The summed E-state index contributed by atoms with van der Waals surface area (Å²) in [7, 11) is 0. The molecule has 0 spiro atoms. The summed E-state index contributed by atoms with van der Waals surface area (Å²) in [4.78, 5) is 14.5. The molecule has 0 aliphatic carbocycles. The van der Waals surface area contributed by atoms with Gasteiger partial charge in [-0.3, -0.25) is 4.79 Å². The number of nitrogens with zero attached hydrogens (tertiary/aromatic N) is 1. The van der Waals surface area contributed by atoms with Crippen LogP contribution in [0.1, 0.15) is 22.9 Å². The molecule has 24 heavy (non-hydrogen) atoms. The van der Waals surface area contributed by atoms with Crippen LogP contribution >= 0.6 is 39.3 Å². The molecule has 1 aliphatic rings. The molecule has 2 aromatic rings. The Labute approximate surface area is 158 Å². The average Bonchev–Trinajstić information content (AvgIpc) is 3.06. The first-order valence-corrected chi connectivity index (χ1v) is 9.87. The van der Waals surface area contributed by atoms with Crippen molar-refractivity contribution < 1.29 is 9.18 Å². The monoisotopic (exact) mass is 427 g/mol. The van der Waals surface area contributed by atoms with Crippen molar-refractivity contribution in [3.63, 3.8) is 0 Å². The van der Waals surface area contributed by atoms with E-state index in [9.17, 15) is 9.18 Å². The lowest BCUT2D eigenvalue weighted by atomic mass is 10.1. The number of carbonyl (C=O) groups is 1. The summed E-state index contributed by atoms with van der Waals surface area (Å²) in [6.45, 7) is 0.758. The number of halogens is 3. The first-order chi connectivity index (χ1) is 11.5. The molecule has 0 N–H and O–H groups in total. The van der Waals surface area contributed by atoms with Crippen LogP contribution in [0.3, 0.4) is 0 Å². The molecule has 6 heteroatoms. The van der Waals surface area contributed by atoms with Gasteiger partial charge in [-0.2, -0.15) is 0 Å². The molecule has 0 radical (unpaired) electrons. The number of aryl methyl sites for hydroxylation is 1. The highest BCUT2D eigenvalue weighted by Crippen LogP contribution is 2.38. The predicted molar refractivity (Wildman–Crippen MR) is 101 cm³/mol. The second kappa shape index (κ2) is 7.89. The third kappa shape index (κ3) is 4.13. The average molecular weight is 429 g/mol. The SMILES string of the molecule is O=C(CCc1ccc(F)c(Cl)c1)N1CCSC1c1ccc(Br)cc1. The molecule has 1 saturated heterocycles. The Kier molecular flexibility index (Phi) is 5.85. The van der Waals surface area contributed by atoms with Crippen molar-refractivity contribution in [2.24, 2.45) is 0 Å². The fraction of sp³-hybridized carbons (Fsp3) is 0.278. The Bertz CT molecular complexity index is 740. The van der Waals surface area contributed by atoms with E-state index < -0.39 is 5.82 Å². The van der Waals surface area contributed by atoms with E-state index in [0.717, 1.165) is 27.9 Å². The van der Waals surface area contributed by atoms with Gasteiger partial charge in [-0.15, -0.1) is 11.8 Å². The third-order valence-electron chi connectivity index (χ3n) is 3.98. The molecular weight excluding hydrogens is 413 g/mol. The Morgan fingerprint density at radius 3 is 2.75 bits per heavy atom. The molecule has 3 rings (SSSR count). The molecule has 1 unspecified atom stereocenters.